The number of carbonyl (C=O) groups excluding carboxylic acids is 1. The molecular weight excluding hydrogens is 206 g/mol. The van der Waals surface area contributed by atoms with Gasteiger partial charge >= 0.3 is 0 Å². The first-order chi connectivity index (χ1) is 7.70. The highest BCUT2D eigenvalue weighted by Crippen LogP contribution is 2.26. The van der Waals surface area contributed by atoms with Crippen molar-refractivity contribution in [2.24, 2.45) is 0 Å². The van der Waals surface area contributed by atoms with Gasteiger partial charge in [0.05, 0.1) is 18.3 Å². The summed E-state index contributed by atoms with van der Waals surface area (Å²) in [4.78, 5) is 19.4. The summed E-state index contributed by atoms with van der Waals surface area (Å²) in [6, 6.07) is 3.49. The molecule has 5 heteroatoms. The van der Waals surface area contributed by atoms with Gasteiger partial charge in [0.25, 0.3) is 0 Å². The highest BCUT2D eigenvalue weighted by atomic mass is 16.5. The summed E-state index contributed by atoms with van der Waals surface area (Å²) in [5.41, 5.74) is 1.94. The van der Waals surface area contributed by atoms with Gasteiger partial charge in [-0.15, -0.1) is 0 Å². The van der Waals surface area contributed by atoms with E-state index in [-0.39, 0.29) is 5.91 Å². The van der Waals surface area contributed by atoms with Crippen LogP contribution in [0.25, 0.3) is 11.0 Å². The zero-order valence-electron chi connectivity index (χ0n) is 9.02. The van der Waals surface area contributed by atoms with Gasteiger partial charge in [-0.3, -0.25) is 14.8 Å². The van der Waals surface area contributed by atoms with Crippen LogP contribution in [0.2, 0.25) is 0 Å². The van der Waals surface area contributed by atoms with Crippen LogP contribution in [-0.4, -0.2) is 23.0 Å². The van der Waals surface area contributed by atoms with Gasteiger partial charge in [0.1, 0.15) is 11.3 Å². The standard InChI is InChI=1S/C11H11N3O2/c1-7(15)14-10-6-8(16-2)5-9-11(10)13-4-3-12-9/h3-6H,1-2H3,(H,14,15). The molecule has 0 aliphatic heterocycles. The molecule has 0 unspecified atom stereocenters. The zero-order valence-corrected chi connectivity index (χ0v) is 9.02. The van der Waals surface area contributed by atoms with Crippen LogP contribution in [0.1, 0.15) is 6.92 Å². The number of rotatable bonds is 2. The van der Waals surface area contributed by atoms with E-state index in [2.05, 4.69) is 15.3 Å². The topological polar surface area (TPSA) is 64.1 Å². The maximum absolute atomic E-state index is 11.1. The monoisotopic (exact) mass is 217 g/mol. The molecule has 0 fully saturated rings. The van der Waals surface area contributed by atoms with E-state index in [4.69, 9.17) is 4.74 Å². The van der Waals surface area contributed by atoms with E-state index in [0.717, 1.165) is 0 Å². The van der Waals surface area contributed by atoms with Crippen LogP contribution in [0.5, 0.6) is 5.75 Å². The third-order valence-corrected chi connectivity index (χ3v) is 2.09. The normalized spacial score (nSPS) is 10.1. The average Bonchev–Trinajstić information content (AvgIpc) is 2.28. The summed E-state index contributed by atoms with van der Waals surface area (Å²) < 4.78 is 5.13. The molecule has 0 atom stereocenters. The lowest BCUT2D eigenvalue weighted by Crippen LogP contribution is -2.07. The molecule has 2 aromatic rings. The lowest BCUT2D eigenvalue weighted by molar-refractivity contribution is -0.114. The van der Waals surface area contributed by atoms with Crippen molar-refractivity contribution in [3.05, 3.63) is 24.5 Å². The number of nitrogens with one attached hydrogen (secondary N) is 1. The van der Waals surface area contributed by atoms with Crippen LogP contribution in [0.15, 0.2) is 24.5 Å². The number of anilines is 1. The summed E-state index contributed by atoms with van der Waals surface area (Å²) in [7, 11) is 1.56. The first kappa shape index (κ1) is 10.4. The van der Waals surface area contributed by atoms with Gasteiger partial charge in [-0.2, -0.15) is 0 Å². The Balaban J connectivity index is 2.63. The average molecular weight is 217 g/mol. The molecular formula is C11H11N3O2. The van der Waals surface area contributed by atoms with E-state index in [9.17, 15) is 4.79 Å². The summed E-state index contributed by atoms with van der Waals surface area (Å²) in [6.07, 6.45) is 3.18. The molecule has 0 spiro atoms. The third kappa shape index (κ3) is 1.93. The lowest BCUT2D eigenvalue weighted by atomic mass is 10.2. The number of nitrogens with zero attached hydrogens (tertiary/aromatic N) is 2. The van der Waals surface area contributed by atoms with Crippen LogP contribution >= 0.6 is 0 Å². The van der Waals surface area contributed by atoms with E-state index in [1.165, 1.54) is 6.92 Å². The number of benzene rings is 1. The SMILES string of the molecule is COc1cc(NC(C)=O)c2nccnc2c1. The molecule has 0 saturated heterocycles. The van der Waals surface area contributed by atoms with Gasteiger partial charge in [0, 0.05) is 31.5 Å². The van der Waals surface area contributed by atoms with E-state index in [1.807, 2.05) is 0 Å². The minimum absolute atomic E-state index is 0.153. The van der Waals surface area contributed by atoms with E-state index >= 15 is 0 Å². The molecule has 0 bridgehead atoms. The van der Waals surface area contributed by atoms with Crippen molar-refractivity contribution in [3.63, 3.8) is 0 Å². The van der Waals surface area contributed by atoms with Crippen LogP contribution in [0.3, 0.4) is 0 Å². The first-order valence-corrected chi connectivity index (χ1v) is 4.77. The Kier molecular flexibility index (Phi) is 2.68. The van der Waals surface area contributed by atoms with Crippen molar-refractivity contribution in [2.75, 3.05) is 12.4 Å². The summed E-state index contributed by atoms with van der Waals surface area (Å²) >= 11 is 0. The molecule has 1 heterocycles. The molecule has 1 N–H and O–H groups in total. The number of carbonyl (C=O) groups is 1. The van der Waals surface area contributed by atoms with Gasteiger partial charge in [0.15, 0.2) is 0 Å². The third-order valence-electron chi connectivity index (χ3n) is 2.09. The minimum Gasteiger partial charge on any atom is -0.497 e. The fourth-order valence-corrected chi connectivity index (χ4v) is 1.45. The number of fused-ring (bicyclic) bond motifs is 1. The largest absolute Gasteiger partial charge is 0.497 e. The first-order valence-electron chi connectivity index (χ1n) is 4.77. The molecule has 1 aromatic carbocycles. The van der Waals surface area contributed by atoms with Crippen molar-refractivity contribution in [1.82, 2.24) is 9.97 Å². The van der Waals surface area contributed by atoms with E-state index < -0.39 is 0 Å². The highest BCUT2D eigenvalue weighted by molar-refractivity contribution is 5.98. The van der Waals surface area contributed by atoms with Gasteiger partial charge in [-0.05, 0) is 0 Å². The predicted octanol–water partition coefficient (Wildman–Crippen LogP) is 1.60. The van der Waals surface area contributed by atoms with Crippen molar-refractivity contribution >= 4 is 22.6 Å². The molecule has 1 aromatic heterocycles. The van der Waals surface area contributed by atoms with E-state index in [1.54, 1.807) is 31.6 Å². The van der Waals surface area contributed by atoms with Crippen molar-refractivity contribution < 1.29 is 9.53 Å². The minimum atomic E-state index is -0.153. The fraction of sp³-hybridized carbons (Fsp3) is 0.182. The van der Waals surface area contributed by atoms with Gasteiger partial charge in [-0.1, -0.05) is 0 Å². The number of methoxy groups -OCH3 is 1. The van der Waals surface area contributed by atoms with Gasteiger partial charge < -0.3 is 10.1 Å². The molecule has 0 aliphatic carbocycles. The number of aromatic nitrogens is 2. The number of amides is 1. The molecule has 5 nitrogen and oxygen atoms in total. The smallest absolute Gasteiger partial charge is 0.221 e. The van der Waals surface area contributed by atoms with Gasteiger partial charge in [0.2, 0.25) is 5.91 Å². The quantitative estimate of drug-likeness (QED) is 0.829. The number of ether oxygens (including phenoxy) is 1. The molecule has 0 saturated carbocycles. The molecule has 1 amide bonds. The number of hydrogen-bond donors (Lipinski definition) is 1. The Labute approximate surface area is 92.5 Å². The lowest BCUT2D eigenvalue weighted by Gasteiger charge is -2.08. The van der Waals surface area contributed by atoms with Gasteiger partial charge in [-0.25, -0.2) is 0 Å². The van der Waals surface area contributed by atoms with Crippen LogP contribution < -0.4 is 10.1 Å². The fourth-order valence-electron chi connectivity index (χ4n) is 1.45. The summed E-state index contributed by atoms with van der Waals surface area (Å²) in [6.45, 7) is 1.45. The Morgan fingerprint density at radius 1 is 1.31 bits per heavy atom. The van der Waals surface area contributed by atoms with Crippen molar-refractivity contribution in [2.45, 2.75) is 6.92 Å². The Morgan fingerprint density at radius 2 is 2.06 bits per heavy atom. The van der Waals surface area contributed by atoms with E-state index in [0.29, 0.717) is 22.5 Å². The Morgan fingerprint density at radius 3 is 2.75 bits per heavy atom. The summed E-state index contributed by atoms with van der Waals surface area (Å²) in [5.74, 6) is 0.483. The Hall–Kier alpha value is -2.17. The summed E-state index contributed by atoms with van der Waals surface area (Å²) in [5, 5.41) is 2.70. The second-order valence-corrected chi connectivity index (χ2v) is 3.28. The molecule has 82 valence electrons. The molecule has 16 heavy (non-hydrogen) atoms. The Bertz CT molecular complexity index is 540. The second-order valence-electron chi connectivity index (χ2n) is 3.28. The molecule has 0 radical (unpaired) electrons. The van der Waals surface area contributed by atoms with Crippen molar-refractivity contribution in [1.29, 1.82) is 0 Å². The van der Waals surface area contributed by atoms with Crippen molar-refractivity contribution in [3.8, 4) is 5.75 Å². The molecule has 2 rings (SSSR count). The molecule has 0 aliphatic rings. The second kappa shape index (κ2) is 4.14. The number of hydrogen-bond acceptors (Lipinski definition) is 4. The van der Waals surface area contributed by atoms with Crippen LogP contribution in [0, 0.1) is 0 Å². The highest BCUT2D eigenvalue weighted by Gasteiger charge is 2.07. The van der Waals surface area contributed by atoms with Crippen LogP contribution in [-0.2, 0) is 4.79 Å². The zero-order chi connectivity index (χ0) is 11.5. The maximum atomic E-state index is 11.1. The van der Waals surface area contributed by atoms with Crippen LogP contribution in [0.4, 0.5) is 5.69 Å². The maximum Gasteiger partial charge on any atom is 0.221 e. The predicted molar refractivity (Wildman–Crippen MR) is 60.4 cm³/mol.